The summed E-state index contributed by atoms with van der Waals surface area (Å²) in [5, 5.41) is 0.980. The summed E-state index contributed by atoms with van der Waals surface area (Å²) < 4.78 is 31.5. The molecule has 4 rings (SSSR count). The van der Waals surface area contributed by atoms with Crippen LogP contribution in [0, 0.1) is 0 Å². The molecule has 0 aliphatic carbocycles. The molecular weight excluding hydrogens is 464 g/mol. The number of furan rings is 1. The first-order valence-corrected chi connectivity index (χ1v) is 12.2. The van der Waals surface area contributed by atoms with Gasteiger partial charge in [0.2, 0.25) is 0 Å². The number of aryl methyl sites for hydroxylation is 1. The summed E-state index contributed by atoms with van der Waals surface area (Å²) in [4.78, 5) is 22.5. The molecule has 8 heteroatoms. The van der Waals surface area contributed by atoms with Gasteiger partial charge in [-0.25, -0.2) is 0 Å². The van der Waals surface area contributed by atoms with Crippen molar-refractivity contribution in [1.29, 1.82) is 0 Å². The van der Waals surface area contributed by atoms with Gasteiger partial charge in [-0.15, -0.1) is 0 Å². The Labute approximate surface area is 211 Å². The number of hydrogen-bond acceptors (Lipinski definition) is 8. The van der Waals surface area contributed by atoms with Crippen LogP contribution in [0.2, 0.25) is 0 Å². The molecule has 0 spiro atoms. The van der Waals surface area contributed by atoms with E-state index in [4.69, 9.17) is 28.1 Å². The van der Waals surface area contributed by atoms with Gasteiger partial charge in [-0.05, 0) is 62.7 Å². The van der Waals surface area contributed by atoms with Crippen molar-refractivity contribution in [3.05, 3.63) is 53.8 Å². The molecule has 0 radical (unpaired) electrons. The highest BCUT2D eigenvalue weighted by molar-refractivity contribution is 5.79. The van der Waals surface area contributed by atoms with Crippen LogP contribution in [0.3, 0.4) is 0 Å². The van der Waals surface area contributed by atoms with E-state index in [9.17, 15) is 9.59 Å². The summed E-state index contributed by atoms with van der Waals surface area (Å²) in [6.07, 6.45) is 2.88. The Hall–Kier alpha value is -3.68. The zero-order valence-electron chi connectivity index (χ0n) is 21.3. The maximum Gasteiger partial charge on any atom is 0.306 e. The molecule has 1 atom stereocenters. The quantitative estimate of drug-likeness (QED) is 0.349. The highest BCUT2D eigenvalue weighted by Crippen LogP contribution is 2.33. The maximum atomic E-state index is 11.3. The summed E-state index contributed by atoms with van der Waals surface area (Å²) in [6, 6.07) is 13.3. The number of carbonyl (C=O) groups is 2. The molecular formula is C28H34O8. The Morgan fingerprint density at radius 3 is 2.25 bits per heavy atom. The highest BCUT2D eigenvalue weighted by Gasteiger charge is 2.24. The van der Waals surface area contributed by atoms with Gasteiger partial charge in [-0.1, -0.05) is 0 Å². The van der Waals surface area contributed by atoms with Gasteiger partial charge in [0.25, 0.3) is 0 Å². The Morgan fingerprint density at radius 2 is 1.56 bits per heavy atom. The Balaban J connectivity index is 0.000000201. The second kappa shape index (κ2) is 13.4. The summed E-state index contributed by atoms with van der Waals surface area (Å²) in [5.74, 6) is 2.95. The fourth-order valence-corrected chi connectivity index (χ4v) is 3.88. The topological polar surface area (TPSA) is 93.4 Å². The van der Waals surface area contributed by atoms with Crippen molar-refractivity contribution in [3.63, 3.8) is 0 Å². The van der Waals surface area contributed by atoms with Crippen LogP contribution in [0.25, 0.3) is 11.0 Å². The summed E-state index contributed by atoms with van der Waals surface area (Å²) in [5.41, 5.74) is 1.94. The lowest BCUT2D eigenvalue weighted by Crippen LogP contribution is -2.15. The lowest BCUT2D eigenvalue weighted by molar-refractivity contribution is -0.144. The van der Waals surface area contributed by atoms with Gasteiger partial charge in [0, 0.05) is 30.2 Å². The van der Waals surface area contributed by atoms with E-state index in [0.717, 1.165) is 46.0 Å². The van der Waals surface area contributed by atoms with Crippen LogP contribution in [0.5, 0.6) is 17.2 Å². The summed E-state index contributed by atoms with van der Waals surface area (Å²) in [6.45, 7) is 4.45. The van der Waals surface area contributed by atoms with E-state index in [1.165, 1.54) is 0 Å². The zero-order valence-corrected chi connectivity index (χ0v) is 21.3. The smallest absolute Gasteiger partial charge is 0.306 e. The minimum absolute atomic E-state index is 0.0662. The molecule has 0 N–H and O–H groups in total. The summed E-state index contributed by atoms with van der Waals surface area (Å²) >= 11 is 0. The molecule has 3 aromatic rings. The van der Waals surface area contributed by atoms with Gasteiger partial charge in [0.05, 0.1) is 33.9 Å². The summed E-state index contributed by atoms with van der Waals surface area (Å²) in [7, 11) is 3.28. The van der Waals surface area contributed by atoms with Crippen LogP contribution >= 0.6 is 0 Å². The number of esters is 2. The van der Waals surface area contributed by atoms with Gasteiger partial charge in [0.1, 0.15) is 34.7 Å². The third-order valence-electron chi connectivity index (χ3n) is 5.64. The minimum Gasteiger partial charge on any atom is -0.497 e. The lowest BCUT2D eigenvalue weighted by atomic mass is 10.1. The van der Waals surface area contributed by atoms with Crippen molar-refractivity contribution in [2.75, 3.05) is 27.4 Å². The van der Waals surface area contributed by atoms with Crippen molar-refractivity contribution in [2.45, 2.75) is 52.1 Å². The molecule has 0 amide bonds. The first kappa shape index (κ1) is 26.9. The molecule has 194 valence electrons. The number of benzene rings is 2. The van der Waals surface area contributed by atoms with Gasteiger partial charge in [-0.3, -0.25) is 9.59 Å². The SMILES string of the molecule is CCOC(=O)CCC1Cc2cc(OC)ccc2O1.CCOC(=O)CCc1cc2cc(OC)ccc2o1. The maximum absolute atomic E-state index is 11.3. The molecule has 1 aromatic heterocycles. The van der Waals surface area contributed by atoms with Crippen molar-refractivity contribution < 1.29 is 37.7 Å². The molecule has 1 unspecified atom stereocenters. The highest BCUT2D eigenvalue weighted by atomic mass is 16.5. The lowest BCUT2D eigenvalue weighted by Gasteiger charge is -2.09. The molecule has 2 aromatic carbocycles. The van der Waals surface area contributed by atoms with E-state index in [0.29, 0.717) is 38.9 Å². The van der Waals surface area contributed by atoms with Gasteiger partial charge < -0.3 is 28.1 Å². The van der Waals surface area contributed by atoms with E-state index in [2.05, 4.69) is 0 Å². The second-order valence-electron chi connectivity index (χ2n) is 8.18. The van der Waals surface area contributed by atoms with Crippen LogP contribution in [-0.2, 0) is 31.9 Å². The number of fused-ring (bicyclic) bond motifs is 2. The van der Waals surface area contributed by atoms with Gasteiger partial charge in [-0.2, -0.15) is 0 Å². The molecule has 2 heterocycles. The third-order valence-corrected chi connectivity index (χ3v) is 5.64. The number of methoxy groups -OCH3 is 2. The Kier molecular flexibility index (Phi) is 10.0. The Morgan fingerprint density at radius 1 is 0.889 bits per heavy atom. The first-order chi connectivity index (χ1) is 17.4. The van der Waals surface area contributed by atoms with Crippen molar-refractivity contribution in [3.8, 4) is 17.2 Å². The molecule has 0 saturated carbocycles. The predicted octanol–water partition coefficient (Wildman–Crippen LogP) is 5.28. The fraction of sp³-hybridized carbons (Fsp3) is 0.429. The average Bonchev–Trinajstić information content (AvgIpc) is 3.49. The molecule has 0 saturated heterocycles. The predicted molar refractivity (Wildman–Crippen MR) is 135 cm³/mol. The molecule has 36 heavy (non-hydrogen) atoms. The van der Waals surface area contributed by atoms with Crippen LogP contribution in [0.1, 0.15) is 44.4 Å². The molecule has 8 nitrogen and oxygen atoms in total. The monoisotopic (exact) mass is 498 g/mol. The van der Waals surface area contributed by atoms with Crippen molar-refractivity contribution in [1.82, 2.24) is 0 Å². The zero-order chi connectivity index (χ0) is 25.9. The normalized spacial score (nSPS) is 13.7. The minimum atomic E-state index is -0.199. The number of ether oxygens (including phenoxy) is 5. The Bertz CT molecular complexity index is 1150. The van der Waals surface area contributed by atoms with E-state index < -0.39 is 0 Å². The third kappa shape index (κ3) is 7.66. The first-order valence-electron chi connectivity index (χ1n) is 12.2. The number of carbonyl (C=O) groups excluding carboxylic acids is 2. The van der Waals surface area contributed by atoms with E-state index in [-0.39, 0.29) is 18.0 Å². The van der Waals surface area contributed by atoms with E-state index in [1.54, 1.807) is 21.1 Å². The number of rotatable bonds is 10. The molecule has 0 bridgehead atoms. The second-order valence-corrected chi connectivity index (χ2v) is 8.18. The van der Waals surface area contributed by atoms with Crippen molar-refractivity contribution in [2.24, 2.45) is 0 Å². The average molecular weight is 499 g/mol. The molecule has 1 aliphatic heterocycles. The van der Waals surface area contributed by atoms with E-state index in [1.807, 2.05) is 49.4 Å². The molecule has 0 fully saturated rings. The van der Waals surface area contributed by atoms with E-state index >= 15 is 0 Å². The van der Waals surface area contributed by atoms with Crippen LogP contribution in [0.15, 0.2) is 46.9 Å². The van der Waals surface area contributed by atoms with Crippen LogP contribution in [-0.4, -0.2) is 45.5 Å². The fourth-order valence-electron chi connectivity index (χ4n) is 3.88. The van der Waals surface area contributed by atoms with Crippen LogP contribution < -0.4 is 14.2 Å². The van der Waals surface area contributed by atoms with Crippen LogP contribution in [0.4, 0.5) is 0 Å². The largest absolute Gasteiger partial charge is 0.497 e. The van der Waals surface area contributed by atoms with Crippen molar-refractivity contribution >= 4 is 22.9 Å². The number of hydrogen-bond donors (Lipinski definition) is 0. The van der Waals surface area contributed by atoms with Gasteiger partial charge in [0.15, 0.2) is 0 Å². The molecule has 1 aliphatic rings. The van der Waals surface area contributed by atoms with Gasteiger partial charge >= 0.3 is 11.9 Å². The standard InChI is InChI=1S/C14H18O4.C14H16O4/c2*1-3-17-14(15)7-5-12-9-10-8-11(16-2)4-6-13(10)18-12/h4,6,8,12H,3,5,7,9H2,1-2H3;4,6,8-9H,3,5,7H2,1-2H3.